The molecule has 0 aliphatic carbocycles. The molecule has 0 spiro atoms. The van der Waals surface area contributed by atoms with Gasteiger partial charge in [0.2, 0.25) is 0 Å². The van der Waals surface area contributed by atoms with E-state index in [9.17, 15) is 9.90 Å². The third-order valence-electron chi connectivity index (χ3n) is 5.42. The molecule has 7 nitrogen and oxygen atoms in total. The lowest BCUT2D eigenvalue weighted by molar-refractivity contribution is -0.113. The Morgan fingerprint density at radius 1 is 0.882 bits per heavy atom. The number of benzene rings is 3. The molecule has 34 heavy (non-hydrogen) atoms. The Kier molecular flexibility index (Phi) is 5.89. The van der Waals surface area contributed by atoms with Crippen LogP contribution in [0.1, 0.15) is 0 Å². The lowest BCUT2D eigenvalue weighted by atomic mass is 10.2. The van der Waals surface area contributed by atoms with E-state index in [1.54, 1.807) is 55.1 Å². The number of carbonyl (C=O) groups excluding carboxylic acids is 1. The molecule has 0 atom stereocenters. The molecular formula is C25H21N3O4S2. The van der Waals surface area contributed by atoms with Crippen LogP contribution < -0.4 is 19.3 Å². The topological polar surface area (TPSA) is 74.6 Å². The van der Waals surface area contributed by atoms with Crippen LogP contribution in [0.5, 0.6) is 17.2 Å². The van der Waals surface area contributed by atoms with E-state index in [-0.39, 0.29) is 11.7 Å². The molecule has 9 heteroatoms. The first-order chi connectivity index (χ1) is 16.5. The Balaban J connectivity index is 1.58. The van der Waals surface area contributed by atoms with Crippen LogP contribution in [0.4, 0.5) is 17.1 Å². The van der Waals surface area contributed by atoms with Gasteiger partial charge in [-0.3, -0.25) is 9.69 Å². The molecule has 2 aliphatic rings. The number of fused-ring (bicyclic) bond motifs is 1. The molecule has 3 aromatic rings. The largest absolute Gasteiger partial charge is 0.508 e. The highest BCUT2D eigenvalue weighted by Gasteiger charge is 2.40. The summed E-state index contributed by atoms with van der Waals surface area (Å²) in [5.41, 5.74) is 2.31. The normalized spacial score (nSPS) is 18.6. The van der Waals surface area contributed by atoms with Crippen molar-refractivity contribution in [1.82, 2.24) is 0 Å². The van der Waals surface area contributed by atoms with E-state index < -0.39 is 0 Å². The average molecular weight is 492 g/mol. The Morgan fingerprint density at radius 2 is 1.56 bits per heavy atom. The molecule has 0 bridgehead atoms. The number of aliphatic imine (C=N–C) groups is 1. The fourth-order valence-corrected chi connectivity index (χ4v) is 5.95. The average Bonchev–Trinajstić information content (AvgIpc) is 3.35. The quantitative estimate of drug-likeness (QED) is 0.477. The van der Waals surface area contributed by atoms with E-state index in [0.717, 1.165) is 27.1 Å². The molecule has 3 aromatic carbocycles. The first kappa shape index (κ1) is 22.2. The first-order valence-electron chi connectivity index (χ1n) is 10.4. The van der Waals surface area contributed by atoms with Gasteiger partial charge in [-0.15, -0.1) is 0 Å². The molecule has 1 N–H and O–H groups in total. The van der Waals surface area contributed by atoms with Crippen molar-refractivity contribution in [3.8, 4) is 17.2 Å². The number of methoxy groups -OCH3 is 2. The number of carbonyl (C=O) groups is 1. The van der Waals surface area contributed by atoms with Crippen molar-refractivity contribution in [2.75, 3.05) is 31.1 Å². The molecule has 1 fully saturated rings. The number of phenols is 1. The van der Waals surface area contributed by atoms with Crippen LogP contribution in [0, 0.1) is 0 Å². The van der Waals surface area contributed by atoms with Crippen molar-refractivity contribution in [3.63, 3.8) is 0 Å². The number of amidine groups is 1. The second kappa shape index (κ2) is 9.00. The number of aromatic hydroxyl groups is 1. The van der Waals surface area contributed by atoms with Crippen LogP contribution in [0.25, 0.3) is 0 Å². The van der Waals surface area contributed by atoms with E-state index in [4.69, 9.17) is 14.5 Å². The van der Waals surface area contributed by atoms with Gasteiger partial charge < -0.3 is 19.5 Å². The van der Waals surface area contributed by atoms with Crippen molar-refractivity contribution < 1.29 is 19.4 Å². The summed E-state index contributed by atoms with van der Waals surface area (Å²) in [6.07, 6.45) is 0. The summed E-state index contributed by atoms with van der Waals surface area (Å²) in [4.78, 5) is 23.7. The standard InChI is InChI=1S/C25H21N3O4S2/c1-27-20-14-19(32-3)12-13-21(20)33-24(27)22-23(30)28(16-6-8-17(29)9-7-16)25(34-22)26-15-4-10-18(31-2)11-5-15/h4-14,29H,1-3H3. The molecule has 172 valence electrons. The van der Waals surface area contributed by atoms with Crippen LogP contribution >= 0.6 is 23.5 Å². The van der Waals surface area contributed by atoms with Gasteiger partial charge in [-0.1, -0.05) is 11.8 Å². The molecule has 5 rings (SSSR count). The maximum absolute atomic E-state index is 13.7. The summed E-state index contributed by atoms with van der Waals surface area (Å²) in [6.45, 7) is 0. The van der Waals surface area contributed by atoms with Crippen LogP contribution in [-0.4, -0.2) is 37.4 Å². The zero-order valence-corrected chi connectivity index (χ0v) is 20.3. The van der Waals surface area contributed by atoms with Crippen LogP contribution in [0.15, 0.2) is 86.6 Å². The Labute approximate surface area is 205 Å². The highest BCUT2D eigenvalue weighted by molar-refractivity contribution is 8.20. The molecule has 0 saturated carbocycles. The van der Waals surface area contributed by atoms with Gasteiger partial charge in [0.05, 0.1) is 36.3 Å². The van der Waals surface area contributed by atoms with Gasteiger partial charge in [0.15, 0.2) is 5.17 Å². The van der Waals surface area contributed by atoms with Gasteiger partial charge in [0, 0.05) is 18.0 Å². The maximum atomic E-state index is 13.7. The van der Waals surface area contributed by atoms with Gasteiger partial charge in [0.1, 0.15) is 22.2 Å². The number of hydrogen-bond donors (Lipinski definition) is 1. The number of anilines is 2. The van der Waals surface area contributed by atoms with Crippen LogP contribution in [0.2, 0.25) is 0 Å². The van der Waals surface area contributed by atoms with E-state index in [0.29, 0.717) is 21.4 Å². The van der Waals surface area contributed by atoms with Crippen molar-refractivity contribution >= 4 is 51.7 Å². The SMILES string of the molecule is COc1ccc(N=C2SC(=C3Sc4ccc(OC)cc4N3C)C(=O)N2c2ccc(O)cc2)cc1. The predicted octanol–water partition coefficient (Wildman–Crippen LogP) is 5.59. The summed E-state index contributed by atoms with van der Waals surface area (Å²) in [6, 6.07) is 19.7. The molecule has 2 heterocycles. The fraction of sp³-hybridized carbons (Fsp3) is 0.120. The smallest absolute Gasteiger partial charge is 0.274 e. The zero-order chi connectivity index (χ0) is 23.8. The monoisotopic (exact) mass is 491 g/mol. The van der Waals surface area contributed by atoms with Crippen molar-refractivity contribution in [3.05, 3.63) is 76.7 Å². The maximum Gasteiger partial charge on any atom is 0.274 e. The van der Waals surface area contributed by atoms with E-state index in [1.165, 1.54) is 11.8 Å². The van der Waals surface area contributed by atoms with Gasteiger partial charge in [-0.25, -0.2) is 4.99 Å². The summed E-state index contributed by atoms with van der Waals surface area (Å²) in [7, 11) is 5.19. The van der Waals surface area contributed by atoms with Gasteiger partial charge in [-0.2, -0.15) is 0 Å². The van der Waals surface area contributed by atoms with Crippen molar-refractivity contribution in [2.45, 2.75) is 4.90 Å². The third kappa shape index (κ3) is 3.97. The van der Waals surface area contributed by atoms with Crippen LogP contribution in [0.3, 0.4) is 0 Å². The van der Waals surface area contributed by atoms with Gasteiger partial charge in [0.25, 0.3) is 5.91 Å². The predicted molar refractivity (Wildman–Crippen MR) is 138 cm³/mol. The third-order valence-corrected chi connectivity index (χ3v) is 7.81. The number of thioether (sulfide) groups is 2. The van der Waals surface area contributed by atoms with E-state index >= 15 is 0 Å². The molecule has 1 amide bonds. The number of ether oxygens (including phenoxy) is 2. The molecule has 0 aromatic heterocycles. The van der Waals surface area contributed by atoms with E-state index in [2.05, 4.69) is 0 Å². The second-order valence-corrected chi connectivity index (χ2v) is 9.49. The van der Waals surface area contributed by atoms with E-state index in [1.807, 2.05) is 54.4 Å². The number of hydrogen-bond acceptors (Lipinski definition) is 8. The summed E-state index contributed by atoms with van der Waals surface area (Å²) in [5.74, 6) is 1.45. The lowest BCUT2D eigenvalue weighted by Crippen LogP contribution is -2.29. The highest BCUT2D eigenvalue weighted by Crippen LogP contribution is 2.51. The van der Waals surface area contributed by atoms with Gasteiger partial charge >= 0.3 is 0 Å². The second-order valence-electron chi connectivity index (χ2n) is 7.48. The number of rotatable bonds is 4. The number of phenolic OH excluding ortho intramolecular Hbond substituents is 1. The summed E-state index contributed by atoms with van der Waals surface area (Å²) in [5, 5.41) is 11.1. The number of nitrogens with zero attached hydrogens (tertiary/aromatic N) is 3. The minimum Gasteiger partial charge on any atom is -0.508 e. The Morgan fingerprint density at radius 3 is 2.24 bits per heavy atom. The Bertz CT molecular complexity index is 1320. The molecule has 0 unspecified atom stereocenters. The minimum atomic E-state index is -0.169. The number of amides is 1. The summed E-state index contributed by atoms with van der Waals surface area (Å²) >= 11 is 2.88. The van der Waals surface area contributed by atoms with Crippen LogP contribution in [-0.2, 0) is 4.79 Å². The fourth-order valence-electron chi connectivity index (χ4n) is 3.63. The molecule has 1 saturated heterocycles. The zero-order valence-electron chi connectivity index (χ0n) is 18.7. The molecular weight excluding hydrogens is 470 g/mol. The minimum absolute atomic E-state index is 0.130. The first-order valence-corrected chi connectivity index (χ1v) is 12.0. The Hall–Kier alpha value is -3.56. The molecule has 2 aliphatic heterocycles. The van der Waals surface area contributed by atoms with Gasteiger partial charge in [-0.05, 0) is 72.4 Å². The highest BCUT2D eigenvalue weighted by atomic mass is 32.2. The molecule has 0 radical (unpaired) electrons. The van der Waals surface area contributed by atoms with Crippen molar-refractivity contribution in [1.29, 1.82) is 0 Å². The lowest BCUT2D eigenvalue weighted by Gasteiger charge is -2.17. The van der Waals surface area contributed by atoms with Crippen molar-refractivity contribution in [2.24, 2.45) is 4.99 Å². The summed E-state index contributed by atoms with van der Waals surface area (Å²) < 4.78 is 10.6.